The number of nitrogens with zero attached hydrogens (tertiary/aromatic N) is 3. The van der Waals surface area contributed by atoms with Crippen molar-refractivity contribution in [2.75, 3.05) is 6.26 Å². The number of benzene rings is 2. The molecule has 1 aromatic heterocycles. The quantitative estimate of drug-likeness (QED) is 0.480. The molecular formula is C17H16ClN3O2S2. The predicted octanol–water partition coefficient (Wildman–Crippen LogP) is 4.65. The molecular weight excluding hydrogens is 378 g/mol. The zero-order valence-corrected chi connectivity index (χ0v) is 16.3. The number of aliphatic imine (C=N–C) groups is 1. The van der Waals surface area contributed by atoms with Gasteiger partial charge in [-0.15, -0.1) is 11.8 Å². The molecule has 2 aromatic carbocycles. The van der Waals surface area contributed by atoms with E-state index in [1.807, 2.05) is 13.2 Å². The number of halogens is 1. The zero-order chi connectivity index (χ0) is 18.2. The van der Waals surface area contributed by atoms with Crippen LogP contribution in [0.3, 0.4) is 0 Å². The van der Waals surface area contributed by atoms with E-state index < -0.39 is 10.0 Å². The van der Waals surface area contributed by atoms with Gasteiger partial charge in [-0.2, -0.15) is 3.97 Å². The van der Waals surface area contributed by atoms with Gasteiger partial charge in [-0.3, -0.25) is 0 Å². The third kappa shape index (κ3) is 3.44. The van der Waals surface area contributed by atoms with Gasteiger partial charge < -0.3 is 0 Å². The van der Waals surface area contributed by atoms with E-state index in [0.29, 0.717) is 21.1 Å². The Kier molecular flexibility index (Phi) is 4.90. The van der Waals surface area contributed by atoms with Crippen LogP contribution in [0, 0.1) is 6.92 Å². The Balaban J connectivity index is 2.33. The summed E-state index contributed by atoms with van der Waals surface area (Å²) in [5.41, 5.74) is 1.91. The Bertz CT molecular complexity index is 1070. The first-order chi connectivity index (χ1) is 11.8. The maximum absolute atomic E-state index is 13.2. The molecule has 0 aliphatic carbocycles. The molecule has 1 heterocycles. The topological polar surface area (TPSA) is 64.3 Å². The molecule has 0 radical (unpaired) electrons. The first kappa shape index (κ1) is 18.0. The standard InChI is InChI=1S/C17H16ClN3O2S2/c1-11-4-7-14(8-5-11)25(22,23)21-16-9-6-13(18)10-15(16)20-17(21)19-12(2)24-3/h4-10H,1-3H3. The van der Waals surface area contributed by atoms with Crippen LogP contribution in [0.5, 0.6) is 0 Å². The lowest BCUT2D eigenvalue weighted by atomic mass is 10.2. The molecule has 5 nitrogen and oxygen atoms in total. The van der Waals surface area contributed by atoms with E-state index in [0.717, 1.165) is 5.56 Å². The largest absolute Gasteiger partial charge is 0.271 e. The number of hydrogen-bond acceptors (Lipinski definition) is 5. The minimum absolute atomic E-state index is 0.115. The summed E-state index contributed by atoms with van der Waals surface area (Å²) in [4.78, 5) is 8.92. The third-order valence-corrected chi connectivity index (χ3v) is 6.30. The van der Waals surface area contributed by atoms with Gasteiger partial charge >= 0.3 is 0 Å². The van der Waals surface area contributed by atoms with Crippen molar-refractivity contribution >= 4 is 55.4 Å². The molecule has 0 aliphatic rings. The van der Waals surface area contributed by atoms with Gasteiger partial charge in [-0.1, -0.05) is 29.3 Å². The van der Waals surface area contributed by atoms with Gasteiger partial charge in [0.25, 0.3) is 10.0 Å². The van der Waals surface area contributed by atoms with Gasteiger partial charge in [-0.05, 0) is 50.4 Å². The highest BCUT2D eigenvalue weighted by atomic mass is 35.5. The summed E-state index contributed by atoms with van der Waals surface area (Å²) < 4.78 is 27.6. The van der Waals surface area contributed by atoms with Crippen molar-refractivity contribution in [3.63, 3.8) is 0 Å². The van der Waals surface area contributed by atoms with E-state index in [4.69, 9.17) is 11.6 Å². The lowest BCUT2D eigenvalue weighted by Crippen LogP contribution is -2.13. The van der Waals surface area contributed by atoms with Crippen LogP contribution in [0.25, 0.3) is 11.0 Å². The van der Waals surface area contributed by atoms with Crippen LogP contribution < -0.4 is 0 Å². The highest BCUT2D eigenvalue weighted by Crippen LogP contribution is 2.30. The van der Waals surface area contributed by atoms with E-state index in [9.17, 15) is 8.42 Å². The van der Waals surface area contributed by atoms with Crippen LogP contribution in [0.1, 0.15) is 12.5 Å². The van der Waals surface area contributed by atoms with Gasteiger partial charge in [0, 0.05) is 5.02 Å². The Morgan fingerprint density at radius 1 is 1.20 bits per heavy atom. The number of fused-ring (bicyclic) bond motifs is 1. The molecule has 0 saturated heterocycles. The number of thioether (sulfide) groups is 1. The van der Waals surface area contributed by atoms with Crippen LogP contribution in [0.2, 0.25) is 5.02 Å². The van der Waals surface area contributed by atoms with Crippen molar-refractivity contribution in [1.29, 1.82) is 0 Å². The van der Waals surface area contributed by atoms with Crippen LogP contribution in [0.15, 0.2) is 52.4 Å². The first-order valence-corrected chi connectivity index (χ1v) is 10.5. The molecule has 0 bridgehead atoms. The molecule has 0 unspecified atom stereocenters. The highest BCUT2D eigenvalue weighted by molar-refractivity contribution is 8.13. The molecule has 0 N–H and O–H groups in total. The summed E-state index contributed by atoms with van der Waals surface area (Å²) in [6, 6.07) is 11.6. The van der Waals surface area contributed by atoms with Gasteiger partial charge in [0.05, 0.1) is 21.0 Å². The Hall–Kier alpha value is -1.83. The van der Waals surface area contributed by atoms with Gasteiger partial charge in [0.2, 0.25) is 5.95 Å². The Labute approximate surface area is 155 Å². The lowest BCUT2D eigenvalue weighted by Gasteiger charge is -2.09. The molecule has 3 rings (SSSR count). The molecule has 0 saturated carbocycles. The first-order valence-electron chi connectivity index (χ1n) is 7.42. The Morgan fingerprint density at radius 3 is 2.52 bits per heavy atom. The van der Waals surface area contributed by atoms with E-state index in [1.54, 1.807) is 49.4 Å². The van der Waals surface area contributed by atoms with E-state index in [-0.39, 0.29) is 10.8 Å². The minimum atomic E-state index is -3.84. The lowest BCUT2D eigenvalue weighted by molar-refractivity contribution is 0.589. The van der Waals surface area contributed by atoms with Gasteiger partial charge in [0.15, 0.2) is 0 Å². The van der Waals surface area contributed by atoms with Crippen molar-refractivity contribution in [3.8, 4) is 0 Å². The van der Waals surface area contributed by atoms with Crippen LogP contribution in [-0.4, -0.2) is 28.7 Å². The molecule has 0 fully saturated rings. The average Bonchev–Trinajstić information content (AvgIpc) is 2.92. The minimum Gasteiger partial charge on any atom is -0.210 e. The second-order valence-corrected chi connectivity index (χ2v) is 8.68. The number of imidazole rings is 1. The van der Waals surface area contributed by atoms with Gasteiger partial charge in [0.1, 0.15) is 0 Å². The number of aromatic nitrogens is 2. The van der Waals surface area contributed by atoms with Crippen molar-refractivity contribution in [2.45, 2.75) is 18.7 Å². The van der Waals surface area contributed by atoms with Crippen LogP contribution in [0.4, 0.5) is 5.95 Å². The van der Waals surface area contributed by atoms with E-state index in [1.165, 1.54) is 15.7 Å². The van der Waals surface area contributed by atoms with Crippen LogP contribution >= 0.6 is 23.4 Å². The van der Waals surface area contributed by atoms with E-state index in [2.05, 4.69) is 9.98 Å². The van der Waals surface area contributed by atoms with Crippen LogP contribution in [-0.2, 0) is 10.0 Å². The molecule has 0 amide bonds. The molecule has 0 spiro atoms. The monoisotopic (exact) mass is 393 g/mol. The number of hydrogen-bond donors (Lipinski definition) is 0. The predicted molar refractivity (Wildman–Crippen MR) is 105 cm³/mol. The summed E-state index contributed by atoms with van der Waals surface area (Å²) >= 11 is 7.45. The second-order valence-electron chi connectivity index (χ2n) is 5.46. The maximum atomic E-state index is 13.2. The summed E-state index contributed by atoms with van der Waals surface area (Å²) in [6.07, 6.45) is 1.87. The molecule has 25 heavy (non-hydrogen) atoms. The Morgan fingerprint density at radius 2 is 1.88 bits per heavy atom. The SMILES string of the molecule is CSC(C)=Nc1nc2cc(Cl)ccc2n1S(=O)(=O)c1ccc(C)cc1. The molecule has 130 valence electrons. The smallest absolute Gasteiger partial charge is 0.210 e. The number of aryl methyl sites for hydroxylation is 1. The van der Waals surface area contributed by atoms with Crippen molar-refractivity contribution < 1.29 is 8.42 Å². The summed E-state index contributed by atoms with van der Waals surface area (Å²) in [6.45, 7) is 3.71. The second kappa shape index (κ2) is 6.82. The van der Waals surface area contributed by atoms with Crippen molar-refractivity contribution in [2.24, 2.45) is 4.99 Å². The normalized spacial score (nSPS) is 12.7. The fourth-order valence-corrected chi connectivity index (χ4v) is 4.07. The third-order valence-electron chi connectivity index (χ3n) is 3.67. The fourth-order valence-electron chi connectivity index (χ4n) is 2.33. The molecule has 0 atom stereocenters. The molecule has 0 aliphatic heterocycles. The van der Waals surface area contributed by atoms with Gasteiger partial charge in [-0.25, -0.2) is 18.4 Å². The van der Waals surface area contributed by atoms with Crippen molar-refractivity contribution in [3.05, 3.63) is 53.1 Å². The maximum Gasteiger partial charge on any atom is 0.271 e. The van der Waals surface area contributed by atoms with E-state index >= 15 is 0 Å². The summed E-state index contributed by atoms with van der Waals surface area (Å²) in [5, 5.41) is 1.20. The number of rotatable bonds is 3. The van der Waals surface area contributed by atoms with Crippen molar-refractivity contribution in [1.82, 2.24) is 8.96 Å². The summed E-state index contributed by atoms with van der Waals surface area (Å²) in [5.74, 6) is 0.115. The molecule has 3 aromatic rings. The zero-order valence-electron chi connectivity index (χ0n) is 13.9. The average molecular weight is 394 g/mol. The fraction of sp³-hybridized carbons (Fsp3) is 0.176. The highest BCUT2D eigenvalue weighted by Gasteiger charge is 2.24. The summed E-state index contributed by atoms with van der Waals surface area (Å²) in [7, 11) is -3.84. The molecule has 8 heteroatoms.